The van der Waals surface area contributed by atoms with Crippen LogP contribution >= 0.6 is 0 Å². The van der Waals surface area contributed by atoms with Gasteiger partial charge in [-0.15, -0.1) is 0 Å². The zero-order chi connectivity index (χ0) is 24.0. The van der Waals surface area contributed by atoms with Gasteiger partial charge in [-0.25, -0.2) is 9.97 Å². The van der Waals surface area contributed by atoms with Gasteiger partial charge in [0.1, 0.15) is 16.9 Å². The third-order valence-corrected chi connectivity index (χ3v) is 6.28. The van der Waals surface area contributed by atoms with Gasteiger partial charge in [0.15, 0.2) is 5.65 Å². The third kappa shape index (κ3) is 5.01. The number of rotatable bonds is 9. The van der Waals surface area contributed by atoms with E-state index in [1.807, 2.05) is 65.2 Å². The van der Waals surface area contributed by atoms with Crippen molar-refractivity contribution in [1.82, 2.24) is 19.9 Å². The zero-order valence-electron chi connectivity index (χ0n) is 19.7. The van der Waals surface area contributed by atoms with Crippen molar-refractivity contribution in [2.24, 2.45) is 0 Å². The number of hydrogen-bond acceptors (Lipinski definition) is 4. The summed E-state index contributed by atoms with van der Waals surface area (Å²) in [6.07, 6.45) is 3.55. The van der Waals surface area contributed by atoms with E-state index in [1.165, 1.54) is 11.1 Å². The fourth-order valence-electron chi connectivity index (χ4n) is 4.48. The molecule has 2 heterocycles. The smallest absolute Gasteiger partial charge is 0.257 e. The molecular weight excluding hydrogens is 434 g/mol. The van der Waals surface area contributed by atoms with Gasteiger partial charge in [0.05, 0.1) is 11.0 Å². The largest absolute Gasteiger partial charge is 0.384 e. The number of nitrogens with two attached hydrogens (primary N) is 1. The number of hydrogen-bond donors (Lipinski definition) is 2. The number of aromatic nitrogens is 3. The first-order valence-electron chi connectivity index (χ1n) is 12.1. The van der Waals surface area contributed by atoms with Crippen LogP contribution in [0.1, 0.15) is 34.3 Å². The molecule has 5 aromatic rings. The van der Waals surface area contributed by atoms with E-state index in [9.17, 15) is 4.79 Å². The molecule has 0 aliphatic heterocycles. The molecule has 0 aliphatic rings. The molecule has 0 radical (unpaired) electrons. The minimum absolute atomic E-state index is 0.202. The van der Waals surface area contributed by atoms with Crippen LogP contribution in [0.4, 0.5) is 5.82 Å². The van der Waals surface area contributed by atoms with Crippen LogP contribution in [0.15, 0.2) is 84.9 Å². The molecule has 0 aliphatic carbocycles. The summed E-state index contributed by atoms with van der Waals surface area (Å²) in [6, 6.07) is 28.3. The van der Waals surface area contributed by atoms with Gasteiger partial charge in [-0.2, -0.15) is 0 Å². The number of nitrogen functional groups attached to an aromatic ring is 1. The number of amides is 1. The second-order valence-corrected chi connectivity index (χ2v) is 8.73. The van der Waals surface area contributed by atoms with Gasteiger partial charge < -0.3 is 15.6 Å². The third-order valence-electron chi connectivity index (χ3n) is 6.28. The van der Waals surface area contributed by atoms with E-state index >= 15 is 0 Å². The van der Waals surface area contributed by atoms with E-state index in [-0.39, 0.29) is 5.91 Å². The lowest BCUT2D eigenvalue weighted by molar-refractivity contribution is 0.0955. The summed E-state index contributed by atoms with van der Waals surface area (Å²) in [4.78, 5) is 22.9. The Morgan fingerprint density at radius 3 is 2.00 bits per heavy atom. The average molecular weight is 464 g/mol. The van der Waals surface area contributed by atoms with E-state index in [1.54, 1.807) is 0 Å². The molecule has 35 heavy (non-hydrogen) atoms. The van der Waals surface area contributed by atoms with Gasteiger partial charge in [0.25, 0.3) is 5.91 Å². The van der Waals surface area contributed by atoms with Crippen molar-refractivity contribution in [3.05, 3.63) is 102 Å². The normalized spacial score (nSPS) is 11.2. The lowest BCUT2D eigenvalue weighted by Crippen LogP contribution is -2.25. The van der Waals surface area contributed by atoms with Gasteiger partial charge in [-0.3, -0.25) is 4.79 Å². The number of aryl methyl sites for hydroxylation is 3. The van der Waals surface area contributed by atoms with Gasteiger partial charge in [0.2, 0.25) is 0 Å². The number of benzene rings is 3. The summed E-state index contributed by atoms with van der Waals surface area (Å²) in [6.45, 7) is 1.22. The van der Waals surface area contributed by atoms with Gasteiger partial charge in [0, 0.05) is 13.1 Å². The number of nitrogens with one attached hydrogen (secondary N) is 1. The maximum atomic E-state index is 13.3. The van der Waals surface area contributed by atoms with E-state index in [0.29, 0.717) is 35.6 Å². The van der Waals surface area contributed by atoms with Crippen molar-refractivity contribution in [2.45, 2.75) is 32.2 Å². The second kappa shape index (κ2) is 10.4. The Hall–Kier alpha value is -4.19. The number of anilines is 1. The van der Waals surface area contributed by atoms with Crippen LogP contribution in [0.2, 0.25) is 0 Å². The first-order chi connectivity index (χ1) is 17.2. The van der Waals surface area contributed by atoms with Gasteiger partial charge >= 0.3 is 0 Å². The number of carbonyl (C=O) groups excluding carboxylic acids is 1. The number of fused-ring (bicyclic) bond motifs is 2. The molecule has 0 atom stereocenters. The van der Waals surface area contributed by atoms with Crippen molar-refractivity contribution in [3.63, 3.8) is 0 Å². The monoisotopic (exact) mass is 463 g/mol. The van der Waals surface area contributed by atoms with Crippen LogP contribution in [0.5, 0.6) is 0 Å². The average Bonchev–Trinajstić information content (AvgIpc) is 3.16. The molecule has 2 aromatic heterocycles. The summed E-state index contributed by atoms with van der Waals surface area (Å²) >= 11 is 0. The van der Waals surface area contributed by atoms with Crippen LogP contribution in [-0.4, -0.2) is 27.0 Å². The number of carbonyl (C=O) groups is 1. The molecule has 0 bridgehead atoms. The molecule has 3 N–H and O–H groups in total. The van der Waals surface area contributed by atoms with Crippen LogP contribution < -0.4 is 11.1 Å². The Labute approximate surface area is 204 Å². The fourth-order valence-corrected chi connectivity index (χ4v) is 4.48. The highest BCUT2D eigenvalue weighted by molar-refractivity contribution is 6.10. The molecule has 0 saturated carbocycles. The van der Waals surface area contributed by atoms with Crippen molar-refractivity contribution in [1.29, 1.82) is 0 Å². The van der Waals surface area contributed by atoms with Crippen LogP contribution in [0.25, 0.3) is 22.2 Å². The lowest BCUT2D eigenvalue weighted by Gasteiger charge is -2.08. The quantitative estimate of drug-likeness (QED) is 0.296. The summed E-state index contributed by atoms with van der Waals surface area (Å²) in [5, 5.41) is 3.05. The standard InChI is InChI=1S/C29H29N5O/c30-27-25(29(35)31-19-9-15-21-11-3-1-4-12-21)26-28(33-24-18-8-7-17-23(24)32-26)34(27)20-10-16-22-13-5-2-6-14-22/h1-8,11-14,17-18H,9-10,15-16,19-20,30H2,(H,31,35). The molecule has 0 spiro atoms. The molecule has 1 amide bonds. The Kier molecular flexibility index (Phi) is 6.70. The highest BCUT2D eigenvalue weighted by Gasteiger charge is 2.23. The SMILES string of the molecule is Nc1c(C(=O)NCCCc2ccccc2)c2nc3ccccc3nc2n1CCCc1ccccc1. The predicted molar refractivity (Wildman–Crippen MR) is 141 cm³/mol. The van der Waals surface area contributed by atoms with Crippen LogP contribution in [-0.2, 0) is 19.4 Å². The van der Waals surface area contributed by atoms with E-state index in [0.717, 1.165) is 36.7 Å². The highest BCUT2D eigenvalue weighted by atomic mass is 16.1. The van der Waals surface area contributed by atoms with E-state index < -0.39 is 0 Å². The van der Waals surface area contributed by atoms with Crippen LogP contribution in [0, 0.1) is 0 Å². The molecule has 0 saturated heterocycles. The Balaban J connectivity index is 1.39. The van der Waals surface area contributed by atoms with E-state index in [2.05, 4.69) is 29.6 Å². The summed E-state index contributed by atoms with van der Waals surface area (Å²) in [5.41, 5.74) is 12.3. The lowest BCUT2D eigenvalue weighted by atomic mass is 10.1. The molecule has 5 rings (SSSR count). The first-order valence-corrected chi connectivity index (χ1v) is 12.1. The van der Waals surface area contributed by atoms with Gasteiger partial charge in [-0.05, 0) is 48.9 Å². The fraction of sp³-hybridized carbons (Fsp3) is 0.207. The maximum absolute atomic E-state index is 13.3. The molecule has 6 nitrogen and oxygen atoms in total. The zero-order valence-corrected chi connectivity index (χ0v) is 19.7. The summed E-state index contributed by atoms with van der Waals surface area (Å²) in [7, 11) is 0. The Morgan fingerprint density at radius 1 is 0.771 bits per heavy atom. The Bertz CT molecular complexity index is 1440. The minimum atomic E-state index is -0.202. The van der Waals surface area contributed by atoms with Crippen molar-refractivity contribution >= 4 is 33.9 Å². The van der Waals surface area contributed by atoms with Crippen LogP contribution in [0.3, 0.4) is 0 Å². The molecule has 176 valence electrons. The predicted octanol–water partition coefficient (Wildman–Crippen LogP) is 5.16. The van der Waals surface area contributed by atoms with Crippen molar-refractivity contribution < 1.29 is 4.79 Å². The van der Waals surface area contributed by atoms with Gasteiger partial charge in [-0.1, -0.05) is 72.8 Å². The van der Waals surface area contributed by atoms with Crippen molar-refractivity contribution in [2.75, 3.05) is 12.3 Å². The Morgan fingerprint density at radius 2 is 1.34 bits per heavy atom. The highest BCUT2D eigenvalue weighted by Crippen LogP contribution is 2.28. The maximum Gasteiger partial charge on any atom is 0.257 e. The molecule has 6 heteroatoms. The summed E-state index contributed by atoms with van der Waals surface area (Å²) in [5.74, 6) is 0.218. The molecule has 3 aromatic carbocycles. The van der Waals surface area contributed by atoms with Crippen molar-refractivity contribution in [3.8, 4) is 0 Å². The van der Waals surface area contributed by atoms with E-state index in [4.69, 9.17) is 15.7 Å². The minimum Gasteiger partial charge on any atom is -0.384 e. The topological polar surface area (TPSA) is 85.8 Å². The number of nitrogens with zero attached hydrogens (tertiary/aromatic N) is 3. The summed E-state index contributed by atoms with van der Waals surface area (Å²) < 4.78 is 1.94. The number of para-hydroxylation sites is 2. The molecule has 0 unspecified atom stereocenters. The molecular formula is C29H29N5O. The molecule has 0 fully saturated rings. The second-order valence-electron chi connectivity index (χ2n) is 8.73. The first kappa shape index (κ1) is 22.6.